The Bertz CT molecular complexity index is 293. The second-order valence-electron chi connectivity index (χ2n) is 4.86. The normalized spacial score (nSPS) is 15.3. The standard InChI is InChI=1S/C11H19NO2.CH3NO/c1-9-5-7-12(8-6-9)10(13)14-11(2,3)4;2-1-3/h5H,6-8H2,1-4H3;1H,(H2,2,3). The molecule has 5 heteroatoms. The number of nitrogens with two attached hydrogens (primary N) is 1. The fourth-order valence-electron chi connectivity index (χ4n) is 1.26. The van der Waals surface area contributed by atoms with Crippen LogP contribution in [0.25, 0.3) is 0 Å². The summed E-state index contributed by atoms with van der Waals surface area (Å²) in [5.74, 6) is 0. The van der Waals surface area contributed by atoms with E-state index in [1.807, 2.05) is 20.8 Å². The van der Waals surface area contributed by atoms with E-state index in [9.17, 15) is 4.79 Å². The molecule has 0 unspecified atom stereocenters. The molecule has 0 aromatic heterocycles. The van der Waals surface area contributed by atoms with E-state index < -0.39 is 5.60 Å². The maximum Gasteiger partial charge on any atom is 0.410 e. The topological polar surface area (TPSA) is 72.6 Å². The lowest BCUT2D eigenvalue weighted by Gasteiger charge is -2.28. The Morgan fingerprint density at radius 1 is 1.53 bits per heavy atom. The molecule has 1 aliphatic heterocycles. The maximum atomic E-state index is 11.6. The number of hydrogen-bond acceptors (Lipinski definition) is 3. The average molecular weight is 242 g/mol. The summed E-state index contributed by atoms with van der Waals surface area (Å²) in [4.78, 5) is 21.9. The predicted octanol–water partition coefficient (Wildman–Crippen LogP) is 1.67. The monoisotopic (exact) mass is 242 g/mol. The van der Waals surface area contributed by atoms with Gasteiger partial charge < -0.3 is 15.4 Å². The van der Waals surface area contributed by atoms with E-state index in [4.69, 9.17) is 9.53 Å². The third kappa shape index (κ3) is 7.38. The van der Waals surface area contributed by atoms with Crippen molar-refractivity contribution in [3.63, 3.8) is 0 Å². The molecule has 0 spiro atoms. The highest BCUT2D eigenvalue weighted by Crippen LogP contribution is 2.14. The molecule has 5 nitrogen and oxygen atoms in total. The van der Waals surface area contributed by atoms with E-state index >= 15 is 0 Å². The van der Waals surface area contributed by atoms with Gasteiger partial charge in [-0.25, -0.2) is 4.79 Å². The van der Waals surface area contributed by atoms with Gasteiger partial charge in [-0.2, -0.15) is 0 Å². The van der Waals surface area contributed by atoms with Gasteiger partial charge in [0.05, 0.1) is 0 Å². The number of hydrogen-bond donors (Lipinski definition) is 1. The molecule has 0 fully saturated rings. The number of nitrogens with zero attached hydrogens (tertiary/aromatic N) is 1. The number of rotatable bonds is 0. The molecular formula is C12H22N2O3. The van der Waals surface area contributed by atoms with E-state index in [0.29, 0.717) is 6.54 Å². The number of primary amides is 1. The number of amides is 2. The van der Waals surface area contributed by atoms with E-state index in [2.05, 4.69) is 18.7 Å². The lowest BCUT2D eigenvalue weighted by atomic mass is 10.1. The highest BCUT2D eigenvalue weighted by molar-refractivity contribution is 5.68. The molecule has 1 heterocycles. The van der Waals surface area contributed by atoms with Crippen molar-refractivity contribution in [1.29, 1.82) is 0 Å². The van der Waals surface area contributed by atoms with Gasteiger partial charge in [0.25, 0.3) is 0 Å². The summed E-state index contributed by atoms with van der Waals surface area (Å²) in [5.41, 5.74) is 5.12. The third-order valence-electron chi connectivity index (χ3n) is 2.09. The summed E-state index contributed by atoms with van der Waals surface area (Å²) >= 11 is 0. The van der Waals surface area contributed by atoms with E-state index in [1.54, 1.807) is 4.90 Å². The number of carbonyl (C=O) groups excluding carboxylic acids is 2. The van der Waals surface area contributed by atoms with Gasteiger partial charge in [-0.05, 0) is 34.1 Å². The van der Waals surface area contributed by atoms with Crippen LogP contribution in [-0.4, -0.2) is 36.1 Å². The minimum atomic E-state index is -0.396. The molecule has 0 bridgehead atoms. The molecule has 2 N–H and O–H groups in total. The quantitative estimate of drug-likeness (QED) is 0.519. The molecule has 0 aromatic carbocycles. The van der Waals surface area contributed by atoms with Gasteiger partial charge in [-0.3, -0.25) is 4.79 Å². The van der Waals surface area contributed by atoms with Crippen molar-refractivity contribution in [3.05, 3.63) is 11.6 Å². The van der Waals surface area contributed by atoms with Gasteiger partial charge in [0, 0.05) is 13.1 Å². The number of carbonyl (C=O) groups is 2. The fraction of sp³-hybridized carbons (Fsp3) is 0.667. The van der Waals surface area contributed by atoms with Crippen molar-refractivity contribution >= 4 is 12.5 Å². The second kappa shape index (κ2) is 6.93. The molecule has 17 heavy (non-hydrogen) atoms. The van der Waals surface area contributed by atoms with Gasteiger partial charge in [0.1, 0.15) is 5.60 Å². The molecule has 0 aliphatic carbocycles. The Labute approximate surface area is 103 Å². The summed E-state index contributed by atoms with van der Waals surface area (Å²) < 4.78 is 5.27. The van der Waals surface area contributed by atoms with Crippen LogP contribution in [0.2, 0.25) is 0 Å². The first-order valence-electron chi connectivity index (χ1n) is 5.59. The zero-order chi connectivity index (χ0) is 13.5. The molecule has 0 saturated heterocycles. The molecule has 0 saturated carbocycles. The van der Waals surface area contributed by atoms with Crippen molar-refractivity contribution in [2.45, 2.75) is 39.7 Å². The Morgan fingerprint density at radius 2 is 2.06 bits per heavy atom. The Balaban J connectivity index is 0.000000770. The Kier molecular flexibility index (Phi) is 6.31. The summed E-state index contributed by atoms with van der Waals surface area (Å²) in [6, 6.07) is 0. The molecular weight excluding hydrogens is 220 g/mol. The largest absolute Gasteiger partial charge is 0.444 e. The van der Waals surface area contributed by atoms with E-state index in [1.165, 1.54) is 5.57 Å². The van der Waals surface area contributed by atoms with Crippen LogP contribution in [0, 0.1) is 0 Å². The van der Waals surface area contributed by atoms with Crippen LogP contribution in [0.1, 0.15) is 34.1 Å². The van der Waals surface area contributed by atoms with Crippen molar-refractivity contribution < 1.29 is 14.3 Å². The number of ether oxygens (including phenoxy) is 1. The predicted molar refractivity (Wildman–Crippen MR) is 66.4 cm³/mol. The molecule has 0 radical (unpaired) electrons. The van der Waals surface area contributed by atoms with Crippen LogP contribution < -0.4 is 5.73 Å². The lowest BCUT2D eigenvalue weighted by molar-refractivity contribution is -0.106. The average Bonchev–Trinajstić information content (AvgIpc) is 2.17. The van der Waals surface area contributed by atoms with E-state index in [0.717, 1.165) is 13.0 Å². The first kappa shape index (κ1) is 15.5. The zero-order valence-electron chi connectivity index (χ0n) is 11.0. The van der Waals surface area contributed by atoms with Crippen LogP contribution in [0.3, 0.4) is 0 Å². The van der Waals surface area contributed by atoms with Gasteiger partial charge in [-0.1, -0.05) is 11.6 Å². The van der Waals surface area contributed by atoms with Crippen LogP contribution in [0.5, 0.6) is 0 Å². The molecule has 2 amide bonds. The minimum absolute atomic E-state index is 0.207. The smallest absolute Gasteiger partial charge is 0.410 e. The van der Waals surface area contributed by atoms with Crippen molar-refractivity contribution in [1.82, 2.24) is 4.90 Å². The first-order chi connectivity index (χ1) is 7.80. The first-order valence-corrected chi connectivity index (χ1v) is 5.59. The van der Waals surface area contributed by atoms with Crippen molar-refractivity contribution in [3.8, 4) is 0 Å². The maximum absolute atomic E-state index is 11.6. The summed E-state index contributed by atoms with van der Waals surface area (Å²) in [7, 11) is 0. The van der Waals surface area contributed by atoms with Crippen molar-refractivity contribution in [2.75, 3.05) is 13.1 Å². The van der Waals surface area contributed by atoms with Gasteiger partial charge in [-0.15, -0.1) is 0 Å². The van der Waals surface area contributed by atoms with Gasteiger partial charge in [0.15, 0.2) is 0 Å². The summed E-state index contributed by atoms with van der Waals surface area (Å²) in [5, 5.41) is 0. The molecule has 98 valence electrons. The fourth-order valence-corrected chi connectivity index (χ4v) is 1.26. The molecule has 1 rings (SSSR count). The molecule has 0 atom stereocenters. The third-order valence-corrected chi connectivity index (χ3v) is 2.09. The van der Waals surface area contributed by atoms with Crippen LogP contribution in [-0.2, 0) is 9.53 Å². The second-order valence-corrected chi connectivity index (χ2v) is 4.86. The highest BCUT2D eigenvalue weighted by atomic mass is 16.6. The Morgan fingerprint density at radius 3 is 2.41 bits per heavy atom. The summed E-state index contributed by atoms with van der Waals surface area (Å²) in [6.07, 6.45) is 3.08. The molecule has 0 aromatic rings. The minimum Gasteiger partial charge on any atom is -0.444 e. The van der Waals surface area contributed by atoms with E-state index in [-0.39, 0.29) is 12.5 Å². The van der Waals surface area contributed by atoms with Crippen molar-refractivity contribution in [2.24, 2.45) is 5.73 Å². The van der Waals surface area contributed by atoms with Crippen LogP contribution in [0.15, 0.2) is 11.6 Å². The highest BCUT2D eigenvalue weighted by Gasteiger charge is 2.22. The SMILES string of the molecule is CC1=CCN(C(=O)OC(C)(C)C)CC1.NC=O. The van der Waals surface area contributed by atoms with Crippen LogP contribution in [0.4, 0.5) is 4.79 Å². The summed E-state index contributed by atoms with van der Waals surface area (Å²) in [6.45, 7) is 9.20. The zero-order valence-corrected chi connectivity index (χ0v) is 11.0. The van der Waals surface area contributed by atoms with Gasteiger partial charge in [0.2, 0.25) is 6.41 Å². The lowest BCUT2D eigenvalue weighted by Crippen LogP contribution is -2.39. The van der Waals surface area contributed by atoms with Crippen LogP contribution >= 0.6 is 0 Å². The Hall–Kier alpha value is -1.52. The molecule has 1 aliphatic rings. The van der Waals surface area contributed by atoms with Gasteiger partial charge >= 0.3 is 6.09 Å².